The summed E-state index contributed by atoms with van der Waals surface area (Å²) in [6.07, 6.45) is 1.19. The third kappa shape index (κ3) is 4.79. The molecule has 0 spiro atoms. The van der Waals surface area contributed by atoms with Crippen LogP contribution in [-0.2, 0) is 17.6 Å². The molecule has 1 aliphatic heterocycles. The summed E-state index contributed by atoms with van der Waals surface area (Å²) in [5.74, 6) is 1.91. The van der Waals surface area contributed by atoms with Crippen molar-refractivity contribution in [1.29, 1.82) is 0 Å². The van der Waals surface area contributed by atoms with Crippen molar-refractivity contribution < 1.29 is 14.1 Å². The van der Waals surface area contributed by atoms with Gasteiger partial charge in [0.15, 0.2) is 5.82 Å². The first-order valence-corrected chi connectivity index (χ1v) is 8.56. The highest BCUT2D eigenvalue weighted by atomic mass is 16.5. The predicted molar refractivity (Wildman–Crippen MR) is 92.5 cm³/mol. The molecule has 1 aromatic heterocycles. The average Bonchev–Trinajstić information content (AvgIpc) is 3.05. The van der Waals surface area contributed by atoms with Gasteiger partial charge >= 0.3 is 0 Å². The van der Waals surface area contributed by atoms with Crippen molar-refractivity contribution in [3.63, 3.8) is 0 Å². The zero-order valence-electron chi connectivity index (χ0n) is 14.8. The quantitative estimate of drug-likeness (QED) is 0.787. The summed E-state index contributed by atoms with van der Waals surface area (Å²) in [6, 6.07) is 8.17. The maximum absolute atomic E-state index is 12.3. The van der Waals surface area contributed by atoms with Crippen molar-refractivity contribution in [2.45, 2.75) is 19.8 Å². The Bertz CT molecular complexity index is 708. The number of hydrogen-bond donors (Lipinski definition) is 0. The summed E-state index contributed by atoms with van der Waals surface area (Å²) >= 11 is 0. The fraction of sp³-hybridized carbons (Fsp3) is 0.500. The molecule has 0 bridgehead atoms. The highest BCUT2D eigenvalue weighted by Gasteiger charge is 2.22. The molecule has 0 unspecified atom stereocenters. The lowest BCUT2D eigenvalue weighted by Crippen LogP contribution is -2.49. The lowest BCUT2D eigenvalue weighted by molar-refractivity contribution is -0.132. The van der Waals surface area contributed by atoms with E-state index in [-0.39, 0.29) is 12.3 Å². The first-order chi connectivity index (χ1) is 12.1. The number of rotatable bonds is 6. The Kier molecular flexibility index (Phi) is 5.65. The molecule has 0 aliphatic carbocycles. The number of aromatic nitrogens is 2. The van der Waals surface area contributed by atoms with Crippen molar-refractivity contribution in [2.75, 3.05) is 39.8 Å². The van der Waals surface area contributed by atoms with E-state index in [1.54, 1.807) is 14.0 Å². The molecule has 0 saturated carbocycles. The molecule has 134 valence electrons. The van der Waals surface area contributed by atoms with Gasteiger partial charge in [0.2, 0.25) is 11.8 Å². The highest BCUT2D eigenvalue weighted by Crippen LogP contribution is 2.14. The van der Waals surface area contributed by atoms with Crippen molar-refractivity contribution in [3.05, 3.63) is 41.5 Å². The van der Waals surface area contributed by atoms with E-state index in [1.807, 2.05) is 17.0 Å². The number of methoxy groups -OCH3 is 1. The predicted octanol–water partition coefficient (Wildman–Crippen LogP) is 1.32. The van der Waals surface area contributed by atoms with Gasteiger partial charge in [-0.2, -0.15) is 4.98 Å². The minimum Gasteiger partial charge on any atom is -0.497 e. The summed E-state index contributed by atoms with van der Waals surface area (Å²) in [4.78, 5) is 20.7. The molecule has 1 saturated heterocycles. The Morgan fingerprint density at radius 1 is 1.28 bits per heavy atom. The van der Waals surface area contributed by atoms with Gasteiger partial charge in [-0.15, -0.1) is 0 Å². The van der Waals surface area contributed by atoms with E-state index in [0.717, 1.165) is 44.9 Å². The van der Waals surface area contributed by atoms with Gasteiger partial charge in [0.05, 0.1) is 13.5 Å². The minimum atomic E-state index is 0.0632. The first kappa shape index (κ1) is 17.4. The normalized spacial score (nSPS) is 15.4. The van der Waals surface area contributed by atoms with Crippen molar-refractivity contribution >= 4 is 5.91 Å². The Morgan fingerprint density at radius 2 is 2.08 bits per heavy atom. The van der Waals surface area contributed by atoms with Crippen LogP contribution in [0.1, 0.15) is 17.3 Å². The molecule has 1 aliphatic rings. The third-order valence-corrected chi connectivity index (χ3v) is 4.45. The second-order valence-corrected chi connectivity index (χ2v) is 6.23. The molecule has 2 heterocycles. The summed E-state index contributed by atoms with van der Waals surface area (Å²) < 4.78 is 10.2. The van der Waals surface area contributed by atoms with Crippen LogP contribution in [0.15, 0.2) is 28.8 Å². The second-order valence-electron chi connectivity index (χ2n) is 6.23. The molecule has 0 N–H and O–H groups in total. The molecule has 1 fully saturated rings. The van der Waals surface area contributed by atoms with Crippen LogP contribution in [0, 0.1) is 6.92 Å². The zero-order valence-corrected chi connectivity index (χ0v) is 14.8. The van der Waals surface area contributed by atoms with Gasteiger partial charge in [-0.3, -0.25) is 9.69 Å². The number of carbonyl (C=O) groups excluding carboxylic acids is 1. The van der Waals surface area contributed by atoms with Crippen LogP contribution in [-0.4, -0.2) is 65.7 Å². The van der Waals surface area contributed by atoms with Gasteiger partial charge < -0.3 is 14.2 Å². The van der Waals surface area contributed by atoms with Crippen LogP contribution in [0.25, 0.3) is 0 Å². The van der Waals surface area contributed by atoms with Crippen LogP contribution in [0.2, 0.25) is 0 Å². The molecule has 0 atom stereocenters. The molecule has 1 amide bonds. The van der Waals surface area contributed by atoms with Crippen LogP contribution >= 0.6 is 0 Å². The number of amides is 1. The highest BCUT2D eigenvalue weighted by molar-refractivity contribution is 5.78. The number of piperazine rings is 1. The van der Waals surface area contributed by atoms with Gasteiger partial charge in [0, 0.05) is 39.6 Å². The van der Waals surface area contributed by atoms with Crippen LogP contribution in [0.4, 0.5) is 0 Å². The van der Waals surface area contributed by atoms with Crippen LogP contribution in [0.5, 0.6) is 5.75 Å². The van der Waals surface area contributed by atoms with E-state index in [4.69, 9.17) is 9.26 Å². The molecule has 1 aromatic carbocycles. The summed E-state index contributed by atoms with van der Waals surface area (Å²) in [5, 5.41) is 3.79. The molecule has 7 nitrogen and oxygen atoms in total. The smallest absolute Gasteiger partial charge is 0.230 e. The average molecular weight is 344 g/mol. The van der Waals surface area contributed by atoms with E-state index in [1.165, 1.54) is 5.56 Å². The molecule has 3 rings (SSSR count). The molecular formula is C18H24N4O3. The molecule has 0 radical (unpaired) electrons. The van der Waals surface area contributed by atoms with Gasteiger partial charge in [0.1, 0.15) is 5.75 Å². The molecule has 7 heteroatoms. The third-order valence-electron chi connectivity index (χ3n) is 4.45. The van der Waals surface area contributed by atoms with E-state index in [9.17, 15) is 4.79 Å². The van der Waals surface area contributed by atoms with E-state index in [2.05, 4.69) is 27.2 Å². The fourth-order valence-corrected chi connectivity index (χ4v) is 3.00. The van der Waals surface area contributed by atoms with E-state index >= 15 is 0 Å². The summed E-state index contributed by atoms with van der Waals surface area (Å²) in [5.41, 5.74) is 1.27. The van der Waals surface area contributed by atoms with Crippen molar-refractivity contribution in [2.24, 2.45) is 0 Å². The summed E-state index contributed by atoms with van der Waals surface area (Å²) in [7, 11) is 1.69. The minimum absolute atomic E-state index is 0.0632. The Labute approximate surface area is 147 Å². The maximum Gasteiger partial charge on any atom is 0.230 e. The number of carbonyl (C=O) groups is 1. The Morgan fingerprint density at radius 3 is 2.76 bits per heavy atom. The van der Waals surface area contributed by atoms with Gasteiger partial charge in [0.25, 0.3) is 0 Å². The molecular weight excluding hydrogens is 320 g/mol. The number of ether oxygens (including phenoxy) is 1. The SMILES string of the molecule is COc1cccc(CCN2CCN(C(=O)Cc3noc(C)n3)CC2)c1. The lowest BCUT2D eigenvalue weighted by atomic mass is 10.1. The van der Waals surface area contributed by atoms with Crippen molar-refractivity contribution in [1.82, 2.24) is 19.9 Å². The van der Waals surface area contributed by atoms with E-state index < -0.39 is 0 Å². The zero-order chi connectivity index (χ0) is 17.6. The van der Waals surface area contributed by atoms with Crippen molar-refractivity contribution in [3.8, 4) is 5.75 Å². The van der Waals surface area contributed by atoms with Gasteiger partial charge in [-0.1, -0.05) is 17.3 Å². The monoisotopic (exact) mass is 344 g/mol. The first-order valence-electron chi connectivity index (χ1n) is 8.56. The standard InChI is InChI=1S/C18H24N4O3/c1-14-19-17(20-25-14)13-18(23)22-10-8-21(9-11-22)7-6-15-4-3-5-16(12-15)24-2/h3-5,12H,6-11,13H2,1-2H3. The largest absolute Gasteiger partial charge is 0.497 e. The molecule has 25 heavy (non-hydrogen) atoms. The number of aryl methyl sites for hydroxylation is 1. The van der Waals surface area contributed by atoms with Gasteiger partial charge in [-0.05, 0) is 24.1 Å². The Balaban J connectivity index is 1.42. The number of nitrogens with zero attached hydrogens (tertiary/aromatic N) is 4. The topological polar surface area (TPSA) is 71.7 Å². The summed E-state index contributed by atoms with van der Waals surface area (Å²) in [6.45, 7) is 5.98. The van der Waals surface area contributed by atoms with Crippen LogP contribution in [0.3, 0.4) is 0 Å². The lowest BCUT2D eigenvalue weighted by Gasteiger charge is -2.34. The van der Waals surface area contributed by atoms with E-state index in [0.29, 0.717) is 11.7 Å². The molecule has 2 aromatic rings. The number of benzene rings is 1. The van der Waals surface area contributed by atoms with Gasteiger partial charge in [-0.25, -0.2) is 0 Å². The fourth-order valence-electron chi connectivity index (χ4n) is 3.00. The Hall–Kier alpha value is -2.41. The second kappa shape index (κ2) is 8.11. The maximum atomic E-state index is 12.3. The van der Waals surface area contributed by atoms with Crippen LogP contribution < -0.4 is 4.74 Å². The number of hydrogen-bond acceptors (Lipinski definition) is 6.